The highest BCUT2D eigenvalue weighted by Crippen LogP contribution is 2.30. The van der Waals surface area contributed by atoms with Crippen molar-refractivity contribution in [3.63, 3.8) is 0 Å². The van der Waals surface area contributed by atoms with E-state index < -0.39 is 0 Å². The lowest BCUT2D eigenvalue weighted by atomic mass is 9.99. The van der Waals surface area contributed by atoms with Gasteiger partial charge in [0.25, 0.3) is 0 Å². The monoisotopic (exact) mass is 266 g/mol. The topological polar surface area (TPSA) is 42.3 Å². The van der Waals surface area contributed by atoms with Crippen molar-refractivity contribution in [1.29, 1.82) is 0 Å². The molecule has 0 amide bonds. The van der Waals surface area contributed by atoms with Crippen LogP contribution in [-0.4, -0.2) is 53.6 Å². The Morgan fingerprint density at radius 1 is 1.53 bits per heavy atom. The molecule has 1 saturated heterocycles. The molecule has 2 atom stereocenters. The zero-order valence-electron chi connectivity index (χ0n) is 12.5. The van der Waals surface area contributed by atoms with Gasteiger partial charge in [-0.25, -0.2) is 0 Å². The van der Waals surface area contributed by atoms with Crippen LogP contribution in [0, 0.1) is 0 Å². The van der Waals surface area contributed by atoms with Crippen molar-refractivity contribution in [3.05, 3.63) is 18.0 Å². The summed E-state index contributed by atoms with van der Waals surface area (Å²) >= 11 is 0. The van der Waals surface area contributed by atoms with Crippen LogP contribution >= 0.6 is 0 Å². The van der Waals surface area contributed by atoms with Crippen LogP contribution < -0.4 is 5.32 Å². The van der Waals surface area contributed by atoms with Crippen molar-refractivity contribution >= 4 is 0 Å². The number of hydrogen-bond donors (Lipinski definition) is 1. The number of rotatable bonds is 5. The van der Waals surface area contributed by atoms with Crippen LogP contribution in [0.25, 0.3) is 0 Å². The molecular formula is C14H26N4O. The van der Waals surface area contributed by atoms with Crippen molar-refractivity contribution in [2.75, 3.05) is 26.7 Å². The third kappa shape index (κ3) is 3.16. The molecule has 0 aromatic carbocycles. The van der Waals surface area contributed by atoms with Gasteiger partial charge < -0.3 is 10.1 Å². The van der Waals surface area contributed by atoms with Crippen LogP contribution in [0.5, 0.6) is 0 Å². The maximum Gasteiger partial charge on any atom is 0.0897 e. The van der Waals surface area contributed by atoms with E-state index in [4.69, 9.17) is 4.74 Å². The third-order valence-corrected chi connectivity index (χ3v) is 3.78. The minimum absolute atomic E-state index is 0.190. The summed E-state index contributed by atoms with van der Waals surface area (Å²) in [7, 11) is 1.98. The van der Waals surface area contributed by atoms with Crippen LogP contribution in [0.2, 0.25) is 0 Å². The molecule has 1 aliphatic rings. The predicted octanol–water partition coefficient (Wildman–Crippen LogP) is 1.27. The Balaban J connectivity index is 2.25. The highest BCUT2D eigenvalue weighted by Gasteiger charge is 2.35. The molecule has 1 fully saturated rings. The van der Waals surface area contributed by atoms with E-state index in [9.17, 15) is 0 Å². The molecule has 0 aliphatic carbocycles. The summed E-state index contributed by atoms with van der Waals surface area (Å²) in [6.45, 7) is 10.2. The van der Waals surface area contributed by atoms with Crippen molar-refractivity contribution in [1.82, 2.24) is 20.0 Å². The van der Waals surface area contributed by atoms with Gasteiger partial charge in [-0.15, -0.1) is 0 Å². The minimum Gasteiger partial charge on any atom is -0.374 e. The van der Waals surface area contributed by atoms with E-state index in [1.807, 2.05) is 17.9 Å². The molecule has 0 spiro atoms. The Bertz CT molecular complexity index is 389. The van der Waals surface area contributed by atoms with Gasteiger partial charge in [0.05, 0.1) is 24.9 Å². The number of nitrogens with zero attached hydrogens (tertiary/aromatic N) is 3. The first-order chi connectivity index (χ1) is 9.17. The summed E-state index contributed by atoms with van der Waals surface area (Å²) < 4.78 is 7.95. The molecule has 1 aromatic heterocycles. The Morgan fingerprint density at radius 2 is 2.32 bits per heavy atom. The Morgan fingerprint density at radius 3 is 2.89 bits per heavy atom. The van der Waals surface area contributed by atoms with E-state index in [-0.39, 0.29) is 6.10 Å². The zero-order valence-corrected chi connectivity index (χ0v) is 12.5. The number of nitrogens with one attached hydrogen (secondary N) is 1. The fourth-order valence-electron chi connectivity index (χ4n) is 2.82. The normalized spacial score (nSPS) is 25.1. The fourth-order valence-corrected chi connectivity index (χ4v) is 2.82. The molecule has 0 radical (unpaired) electrons. The van der Waals surface area contributed by atoms with Gasteiger partial charge in [0.1, 0.15) is 0 Å². The molecular weight excluding hydrogens is 240 g/mol. The molecule has 2 rings (SSSR count). The molecule has 1 N–H and O–H groups in total. The van der Waals surface area contributed by atoms with E-state index in [1.54, 1.807) is 0 Å². The number of ether oxygens (including phenoxy) is 1. The molecule has 2 heterocycles. The zero-order chi connectivity index (χ0) is 13.8. The minimum atomic E-state index is 0.190. The smallest absolute Gasteiger partial charge is 0.0897 e. The molecule has 5 heteroatoms. The first-order valence-corrected chi connectivity index (χ1v) is 7.21. The average Bonchev–Trinajstić information content (AvgIpc) is 2.87. The number of morpholine rings is 1. The summed E-state index contributed by atoms with van der Waals surface area (Å²) in [4.78, 5) is 2.52. The Kier molecular flexibility index (Phi) is 4.96. The van der Waals surface area contributed by atoms with Crippen LogP contribution in [0.15, 0.2) is 12.4 Å². The van der Waals surface area contributed by atoms with Crippen molar-refractivity contribution < 1.29 is 4.74 Å². The fraction of sp³-hybridized carbons (Fsp3) is 0.786. The summed E-state index contributed by atoms with van der Waals surface area (Å²) in [5.41, 5.74) is 1.26. The second-order valence-electron chi connectivity index (χ2n) is 5.37. The van der Waals surface area contributed by atoms with Gasteiger partial charge in [0, 0.05) is 37.4 Å². The second kappa shape index (κ2) is 6.50. The molecule has 1 aromatic rings. The number of aryl methyl sites for hydroxylation is 1. The van der Waals surface area contributed by atoms with E-state index in [0.29, 0.717) is 12.1 Å². The summed E-state index contributed by atoms with van der Waals surface area (Å²) in [5.74, 6) is 0. The van der Waals surface area contributed by atoms with Gasteiger partial charge in [-0.1, -0.05) is 0 Å². The van der Waals surface area contributed by atoms with Crippen molar-refractivity contribution in [2.45, 2.75) is 45.5 Å². The third-order valence-electron chi connectivity index (χ3n) is 3.78. The number of aromatic nitrogens is 2. The molecule has 5 nitrogen and oxygen atoms in total. The highest BCUT2D eigenvalue weighted by molar-refractivity contribution is 5.14. The van der Waals surface area contributed by atoms with E-state index in [0.717, 1.165) is 26.2 Å². The number of hydrogen-bond acceptors (Lipinski definition) is 4. The molecule has 19 heavy (non-hydrogen) atoms. The molecule has 0 saturated carbocycles. The second-order valence-corrected chi connectivity index (χ2v) is 5.37. The first-order valence-electron chi connectivity index (χ1n) is 7.21. The van der Waals surface area contributed by atoms with Crippen molar-refractivity contribution in [3.8, 4) is 0 Å². The van der Waals surface area contributed by atoms with Crippen LogP contribution in [-0.2, 0) is 11.3 Å². The SMILES string of the molecule is CCn1cc(C2C(CNC)OCCN2C(C)C)cn1. The average molecular weight is 266 g/mol. The van der Waals surface area contributed by atoms with Crippen LogP contribution in [0.3, 0.4) is 0 Å². The Hall–Kier alpha value is -0.910. The van der Waals surface area contributed by atoms with Crippen LogP contribution in [0.1, 0.15) is 32.4 Å². The highest BCUT2D eigenvalue weighted by atomic mass is 16.5. The van der Waals surface area contributed by atoms with Gasteiger partial charge in [0.15, 0.2) is 0 Å². The Labute approximate surface area is 115 Å². The molecule has 1 aliphatic heterocycles. The summed E-state index contributed by atoms with van der Waals surface area (Å²) in [6, 6.07) is 0.805. The predicted molar refractivity (Wildman–Crippen MR) is 76.2 cm³/mol. The molecule has 108 valence electrons. The van der Waals surface area contributed by atoms with Gasteiger partial charge in [0.2, 0.25) is 0 Å². The van der Waals surface area contributed by atoms with E-state index in [2.05, 4.69) is 42.3 Å². The van der Waals surface area contributed by atoms with Crippen LogP contribution in [0.4, 0.5) is 0 Å². The maximum atomic E-state index is 5.97. The van der Waals surface area contributed by atoms with Gasteiger partial charge in [-0.05, 0) is 27.8 Å². The molecule has 2 unspecified atom stereocenters. The lowest BCUT2D eigenvalue weighted by Crippen LogP contribution is -2.51. The maximum absolute atomic E-state index is 5.97. The van der Waals surface area contributed by atoms with E-state index in [1.165, 1.54) is 5.56 Å². The van der Waals surface area contributed by atoms with Crippen molar-refractivity contribution in [2.24, 2.45) is 0 Å². The largest absolute Gasteiger partial charge is 0.374 e. The summed E-state index contributed by atoms with van der Waals surface area (Å²) in [6.07, 6.45) is 4.33. The van der Waals surface area contributed by atoms with Gasteiger partial charge in [-0.3, -0.25) is 9.58 Å². The number of likely N-dealkylation sites (N-methyl/N-ethyl adjacent to an activating group) is 1. The lowest BCUT2D eigenvalue weighted by Gasteiger charge is -2.43. The van der Waals surface area contributed by atoms with E-state index >= 15 is 0 Å². The first kappa shape index (κ1) is 14.5. The standard InChI is InChI=1S/C14H26N4O/c1-5-17-10-12(8-16-17)14-13(9-15-4)19-7-6-18(14)11(2)3/h8,10-11,13-15H,5-7,9H2,1-4H3. The quantitative estimate of drug-likeness (QED) is 0.871. The summed E-state index contributed by atoms with van der Waals surface area (Å²) in [5, 5.41) is 7.65. The van der Waals surface area contributed by atoms with Gasteiger partial charge >= 0.3 is 0 Å². The van der Waals surface area contributed by atoms with Gasteiger partial charge in [-0.2, -0.15) is 5.10 Å². The molecule has 0 bridgehead atoms. The lowest BCUT2D eigenvalue weighted by molar-refractivity contribution is -0.0815.